The van der Waals surface area contributed by atoms with Crippen molar-refractivity contribution < 1.29 is 13.2 Å². The molecular weight excluding hydrogens is 442 g/mol. The summed E-state index contributed by atoms with van der Waals surface area (Å²) in [4.78, 5) is 13.0. The summed E-state index contributed by atoms with van der Waals surface area (Å²) in [6.45, 7) is 4.73. The Balaban J connectivity index is 1.88. The summed E-state index contributed by atoms with van der Waals surface area (Å²) in [6.07, 6.45) is 1.69. The molecule has 2 aromatic carbocycles. The van der Waals surface area contributed by atoms with Crippen molar-refractivity contribution in [1.29, 1.82) is 0 Å². The molecular formula is C20H20BrN3O3S. The smallest absolute Gasteiger partial charge is 0.245 e. The molecule has 1 heterocycles. The van der Waals surface area contributed by atoms with Crippen LogP contribution in [0.15, 0.2) is 70.2 Å². The Morgan fingerprint density at radius 1 is 1.11 bits per heavy atom. The van der Waals surface area contributed by atoms with Gasteiger partial charge in [-0.1, -0.05) is 22.0 Å². The fraction of sp³-hybridized carbons (Fsp3) is 0.200. The van der Waals surface area contributed by atoms with Crippen LogP contribution in [0.2, 0.25) is 0 Å². The maximum atomic E-state index is 13.0. The van der Waals surface area contributed by atoms with E-state index in [2.05, 4.69) is 26.3 Å². The van der Waals surface area contributed by atoms with E-state index in [-0.39, 0.29) is 4.90 Å². The first-order chi connectivity index (χ1) is 13.1. The number of aromatic nitrogens is 2. The average molecular weight is 462 g/mol. The largest absolute Gasteiger partial charge is 0.325 e. The highest BCUT2D eigenvalue weighted by Gasteiger charge is 2.42. The number of hydrogen-bond acceptors (Lipinski definition) is 4. The molecule has 28 heavy (non-hydrogen) atoms. The molecule has 0 aliphatic carbocycles. The second kappa shape index (κ2) is 7.52. The highest BCUT2D eigenvalue weighted by molar-refractivity contribution is 9.10. The van der Waals surface area contributed by atoms with E-state index >= 15 is 0 Å². The quantitative estimate of drug-likeness (QED) is 0.618. The van der Waals surface area contributed by atoms with Crippen LogP contribution < -0.4 is 5.32 Å². The molecule has 0 fully saturated rings. The van der Waals surface area contributed by atoms with Crippen LogP contribution in [0.3, 0.4) is 0 Å². The van der Waals surface area contributed by atoms with Crippen LogP contribution in [0, 0.1) is 6.92 Å². The number of anilines is 1. The summed E-state index contributed by atoms with van der Waals surface area (Å²) in [5.74, 6) is -0.607. The lowest BCUT2D eigenvalue weighted by Crippen LogP contribution is -2.44. The second-order valence-electron chi connectivity index (χ2n) is 6.86. The van der Waals surface area contributed by atoms with Gasteiger partial charge in [0.1, 0.15) is 4.75 Å². The lowest BCUT2D eigenvalue weighted by atomic mass is 10.2. The predicted molar refractivity (Wildman–Crippen MR) is 112 cm³/mol. The number of amides is 1. The number of carbonyl (C=O) groups excluding carboxylic acids is 1. The molecule has 0 unspecified atom stereocenters. The first-order valence-electron chi connectivity index (χ1n) is 8.55. The zero-order valence-electron chi connectivity index (χ0n) is 15.7. The summed E-state index contributed by atoms with van der Waals surface area (Å²) in [6, 6.07) is 15.2. The molecule has 0 saturated carbocycles. The molecule has 0 saturated heterocycles. The van der Waals surface area contributed by atoms with Crippen molar-refractivity contribution >= 4 is 37.4 Å². The Morgan fingerprint density at radius 2 is 1.79 bits per heavy atom. The van der Waals surface area contributed by atoms with Crippen molar-refractivity contribution in [2.24, 2.45) is 0 Å². The zero-order chi connectivity index (χ0) is 20.5. The third kappa shape index (κ3) is 3.74. The number of sulfone groups is 1. The highest BCUT2D eigenvalue weighted by Crippen LogP contribution is 2.28. The molecule has 0 atom stereocenters. The van der Waals surface area contributed by atoms with Gasteiger partial charge in [0.15, 0.2) is 9.84 Å². The van der Waals surface area contributed by atoms with Crippen molar-refractivity contribution in [2.45, 2.75) is 30.4 Å². The minimum atomic E-state index is -3.89. The number of rotatable bonds is 5. The van der Waals surface area contributed by atoms with Crippen LogP contribution in [0.4, 0.5) is 5.69 Å². The van der Waals surface area contributed by atoms with Gasteiger partial charge in [0.25, 0.3) is 0 Å². The molecule has 6 nitrogen and oxygen atoms in total. The van der Waals surface area contributed by atoms with Gasteiger partial charge in [-0.3, -0.25) is 4.79 Å². The molecule has 146 valence electrons. The molecule has 0 bridgehead atoms. The zero-order valence-corrected chi connectivity index (χ0v) is 18.1. The maximum absolute atomic E-state index is 13.0. The Kier molecular flexibility index (Phi) is 5.45. The van der Waals surface area contributed by atoms with Gasteiger partial charge in [0, 0.05) is 22.1 Å². The van der Waals surface area contributed by atoms with E-state index in [0.29, 0.717) is 5.69 Å². The van der Waals surface area contributed by atoms with E-state index in [1.165, 1.54) is 26.0 Å². The lowest BCUT2D eigenvalue weighted by molar-refractivity contribution is -0.117. The number of nitrogens with zero attached hydrogens (tertiary/aromatic N) is 2. The topological polar surface area (TPSA) is 81.1 Å². The summed E-state index contributed by atoms with van der Waals surface area (Å²) in [7, 11) is -3.89. The monoisotopic (exact) mass is 461 g/mol. The van der Waals surface area contributed by atoms with Crippen molar-refractivity contribution in [2.75, 3.05) is 5.32 Å². The Bertz CT molecular complexity index is 1120. The average Bonchev–Trinajstić information content (AvgIpc) is 3.08. The van der Waals surface area contributed by atoms with Crippen molar-refractivity contribution in [3.63, 3.8) is 0 Å². The number of nitrogens with one attached hydrogen (secondary N) is 1. The van der Waals surface area contributed by atoms with Crippen LogP contribution in [-0.4, -0.2) is 28.9 Å². The van der Waals surface area contributed by atoms with Gasteiger partial charge in [-0.05, 0) is 69.3 Å². The van der Waals surface area contributed by atoms with E-state index in [4.69, 9.17) is 0 Å². The van der Waals surface area contributed by atoms with E-state index in [9.17, 15) is 13.2 Å². The SMILES string of the molecule is Cc1ccnn1-c1cccc(NC(=O)C(C)(C)S(=O)(=O)c2ccc(Br)cc2)c1. The summed E-state index contributed by atoms with van der Waals surface area (Å²) in [5.41, 5.74) is 2.21. The fourth-order valence-corrected chi connectivity index (χ4v) is 4.31. The Morgan fingerprint density at radius 3 is 2.39 bits per heavy atom. The Hall–Kier alpha value is -2.45. The molecule has 1 N–H and O–H groups in total. The van der Waals surface area contributed by atoms with Gasteiger partial charge in [0.05, 0.1) is 10.6 Å². The molecule has 0 aliphatic heterocycles. The predicted octanol–water partition coefficient (Wildman–Crippen LogP) is 4.13. The molecule has 8 heteroatoms. The van der Waals surface area contributed by atoms with E-state index in [1.54, 1.807) is 41.2 Å². The fourth-order valence-electron chi connectivity index (χ4n) is 2.67. The van der Waals surface area contributed by atoms with E-state index in [1.807, 2.05) is 19.1 Å². The van der Waals surface area contributed by atoms with Gasteiger partial charge in [-0.2, -0.15) is 5.10 Å². The molecule has 0 radical (unpaired) electrons. The van der Waals surface area contributed by atoms with Crippen molar-refractivity contribution in [3.8, 4) is 5.69 Å². The minimum Gasteiger partial charge on any atom is -0.325 e. The molecule has 1 amide bonds. The normalized spacial score (nSPS) is 12.0. The third-order valence-electron chi connectivity index (χ3n) is 4.52. The molecule has 1 aromatic heterocycles. The van der Waals surface area contributed by atoms with Gasteiger partial charge < -0.3 is 5.32 Å². The first kappa shape index (κ1) is 20.3. The number of benzene rings is 2. The summed E-state index contributed by atoms with van der Waals surface area (Å²) in [5, 5.41) is 6.97. The van der Waals surface area contributed by atoms with Crippen LogP contribution in [0.5, 0.6) is 0 Å². The lowest BCUT2D eigenvalue weighted by Gasteiger charge is -2.24. The third-order valence-corrected chi connectivity index (χ3v) is 7.47. The number of halogens is 1. The number of carbonyl (C=O) groups is 1. The van der Waals surface area contributed by atoms with E-state index in [0.717, 1.165) is 15.9 Å². The Labute approximate surface area is 172 Å². The molecule has 3 rings (SSSR count). The van der Waals surface area contributed by atoms with Gasteiger partial charge in [0.2, 0.25) is 5.91 Å². The second-order valence-corrected chi connectivity index (χ2v) is 10.3. The van der Waals surface area contributed by atoms with Gasteiger partial charge in [-0.25, -0.2) is 13.1 Å². The highest BCUT2D eigenvalue weighted by atomic mass is 79.9. The maximum Gasteiger partial charge on any atom is 0.245 e. The first-order valence-corrected chi connectivity index (χ1v) is 10.8. The van der Waals surface area contributed by atoms with Gasteiger partial charge in [-0.15, -0.1) is 0 Å². The van der Waals surface area contributed by atoms with E-state index < -0.39 is 20.5 Å². The van der Waals surface area contributed by atoms with Gasteiger partial charge >= 0.3 is 0 Å². The summed E-state index contributed by atoms with van der Waals surface area (Å²) >= 11 is 3.28. The van der Waals surface area contributed by atoms with Crippen molar-refractivity contribution in [3.05, 3.63) is 71.0 Å². The van der Waals surface area contributed by atoms with Crippen LogP contribution >= 0.6 is 15.9 Å². The minimum absolute atomic E-state index is 0.0942. The van der Waals surface area contributed by atoms with Crippen LogP contribution in [-0.2, 0) is 14.6 Å². The molecule has 3 aromatic rings. The number of hydrogen-bond donors (Lipinski definition) is 1. The van der Waals surface area contributed by atoms with Crippen LogP contribution in [0.25, 0.3) is 5.69 Å². The molecule has 0 spiro atoms. The number of aryl methyl sites for hydroxylation is 1. The molecule has 0 aliphatic rings. The standard InChI is InChI=1S/C20H20BrN3O3S/c1-14-11-12-22-24(14)17-6-4-5-16(13-17)23-19(25)20(2,3)28(26,27)18-9-7-15(21)8-10-18/h4-13H,1-3H3,(H,23,25). The summed E-state index contributed by atoms with van der Waals surface area (Å²) < 4.78 is 26.9. The van der Waals surface area contributed by atoms with Crippen molar-refractivity contribution in [1.82, 2.24) is 9.78 Å². The van der Waals surface area contributed by atoms with Crippen LogP contribution in [0.1, 0.15) is 19.5 Å².